The highest BCUT2D eigenvalue weighted by molar-refractivity contribution is 6.35. The number of ether oxygens (including phenoxy) is 6. The van der Waals surface area contributed by atoms with Gasteiger partial charge in [0.1, 0.15) is 18.5 Å². The van der Waals surface area contributed by atoms with Gasteiger partial charge in [-0.2, -0.15) is 0 Å². The Labute approximate surface area is 193 Å². The van der Waals surface area contributed by atoms with E-state index in [0.29, 0.717) is 5.02 Å². The van der Waals surface area contributed by atoms with Crippen LogP contribution in [0.1, 0.15) is 27.7 Å². The molecule has 0 radical (unpaired) electrons. The molecular weight excluding hydrogens is 471 g/mol. The lowest BCUT2D eigenvalue weighted by Gasteiger charge is -2.43. The first-order valence-electron chi connectivity index (χ1n) is 9.40. The Morgan fingerprint density at radius 1 is 0.844 bits per heavy atom. The highest BCUT2D eigenvalue weighted by Crippen LogP contribution is 2.34. The average molecular weight is 493 g/mol. The van der Waals surface area contributed by atoms with Crippen LogP contribution in [0.25, 0.3) is 0 Å². The number of carbonyl (C=O) groups excluding carboxylic acids is 4. The van der Waals surface area contributed by atoms with Gasteiger partial charge < -0.3 is 28.4 Å². The second-order valence-corrected chi connectivity index (χ2v) is 7.60. The molecule has 1 aliphatic rings. The molecule has 1 saturated heterocycles. The molecular formula is C20H22Cl2O10. The van der Waals surface area contributed by atoms with Gasteiger partial charge in [-0.05, 0) is 18.2 Å². The quantitative estimate of drug-likeness (QED) is 0.413. The highest BCUT2D eigenvalue weighted by atomic mass is 35.5. The lowest BCUT2D eigenvalue weighted by molar-refractivity contribution is -0.288. The molecule has 12 heteroatoms. The Kier molecular flexibility index (Phi) is 9.11. The zero-order valence-corrected chi connectivity index (χ0v) is 19.2. The Hall–Kier alpha value is -2.56. The number of hydrogen-bond acceptors (Lipinski definition) is 10. The van der Waals surface area contributed by atoms with Crippen molar-refractivity contribution >= 4 is 47.1 Å². The van der Waals surface area contributed by atoms with E-state index in [1.54, 1.807) is 0 Å². The van der Waals surface area contributed by atoms with Gasteiger partial charge in [0, 0.05) is 32.7 Å². The standard InChI is InChI=1S/C20H22Cl2O10/c1-9(23)27-8-16-17(28-10(2)24)18(29-11(3)25)19(30-12(4)26)20(32-16)31-15-6-5-13(21)7-14(15)22/h5-7,16-20H,8H2,1-4H3. The minimum Gasteiger partial charge on any atom is -0.463 e. The summed E-state index contributed by atoms with van der Waals surface area (Å²) < 4.78 is 32.5. The molecule has 0 N–H and O–H groups in total. The summed E-state index contributed by atoms with van der Waals surface area (Å²) in [5, 5.41) is 0.481. The van der Waals surface area contributed by atoms with Crippen molar-refractivity contribution in [1.29, 1.82) is 0 Å². The number of hydrogen-bond donors (Lipinski definition) is 0. The second-order valence-electron chi connectivity index (χ2n) is 6.76. The van der Waals surface area contributed by atoms with Crippen LogP contribution in [-0.4, -0.2) is 61.2 Å². The predicted octanol–water partition coefficient (Wildman–Crippen LogP) is 2.46. The van der Waals surface area contributed by atoms with Crippen molar-refractivity contribution in [3.63, 3.8) is 0 Å². The van der Waals surface area contributed by atoms with Gasteiger partial charge in [-0.25, -0.2) is 0 Å². The van der Waals surface area contributed by atoms with Crippen LogP contribution in [0.15, 0.2) is 18.2 Å². The monoisotopic (exact) mass is 492 g/mol. The summed E-state index contributed by atoms with van der Waals surface area (Å²) in [6.45, 7) is 4.19. The molecule has 1 aromatic rings. The van der Waals surface area contributed by atoms with Crippen molar-refractivity contribution < 1.29 is 47.6 Å². The Balaban J connectivity index is 2.47. The van der Waals surface area contributed by atoms with Gasteiger partial charge in [0.25, 0.3) is 0 Å². The van der Waals surface area contributed by atoms with E-state index in [9.17, 15) is 19.2 Å². The van der Waals surface area contributed by atoms with Crippen LogP contribution < -0.4 is 4.74 Å². The first-order valence-corrected chi connectivity index (χ1v) is 10.2. The molecule has 1 aliphatic heterocycles. The van der Waals surface area contributed by atoms with Crippen molar-refractivity contribution in [3.8, 4) is 5.75 Å². The van der Waals surface area contributed by atoms with Crippen LogP contribution in [0.2, 0.25) is 10.0 Å². The van der Waals surface area contributed by atoms with Gasteiger partial charge in [-0.3, -0.25) is 19.2 Å². The summed E-state index contributed by atoms with van der Waals surface area (Å²) in [7, 11) is 0. The number of rotatable bonds is 7. The fourth-order valence-electron chi connectivity index (χ4n) is 2.98. The Bertz CT molecular complexity index is 874. The molecule has 10 nitrogen and oxygen atoms in total. The molecule has 176 valence electrons. The maximum atomic E-state index is 11.8. The molecule has 0 aliphatic carbocycles. The smallest absolute Gasteiger partial charge is 0.303 e. The molecule has 5 unspecified atom stereocenters. The van der Waals surface area contributed by atoms with E-state index < -0.39 is 54.6 Å². The van der Waals surface area contributed by atoms with Gasteiger partial charge in [0.15, 0.2) is 12.2 Å². The maximum absolute atomic E-state index is 11.8. The van der Waals surface area contributed by atoms with Crippen molar-refractivity contribution in [1.82, 2.24) is 0 Å². The number of benzene rings is 1. The van der Waals surface area contributed by atoms with Gasteiger partial charge in [-0.15, -0.1) is 0 Å². The summed E-state index contributed by atoms with van der Waals surface area (Å²) in [6, 6.07) is 4.39. The summed E-state index contributed by atoms with van der Waals surface area (Å²) in [5.74, 6) is -2.73. The minimum absolute atomic E-state index is 0.122. The maximum Gasteiger partial charge on any atom is 0.303 e. The van der Waals surface area contributed by atoms with E-state index in [1.807, 2.05) is 0 Å². The number of esters is 4. The zero-order valence-electron chi connectivity index (χ0n) is 17.7. The van der Waals surface area contributed by atoms with Crippen LogP contribution >= 0.6 is 23.2 Å². The van der Waals surface area contributed by atoms with Crippen molar-refractivity contribution in [3.05, 3.63) is 28.2 Å². The molecule has 0 bridgehead atoms. The van der Waals surface area contributed by atoms with E-state index in [0.717, 1.165) is 20.8 Å². The summed E-state index contributed by atoms with van der Waals surface area (Å²) in [5.41, 5.74) is 0. The van der Waals surface area contributed by atoms with E-state index in [4.69, 9.17) is 51.6 Å². The number of carbonyl (C=O) groups is 4. The minimum atomic E-state index is -1.38. The normalized spacial score (nSPS) is 24.8. The van der Waals surface area contributed by atoms with Crippen LogP contribution in [0, 0.1) is 0 Å². The van der Waals surface area contributed by atoms with Crippen molar-refractivity contribution in [2.45, 2.75) is 58.4 Å². The summed E-state index contributed by atoms with van der Waals surface area (Å²) in [4.78, 5) is 46.6. The third-order valence-electron chi connectivity index (χ3n) is 4.09. The Morgan fingerprint density at radius 3 is 1.94 bits per heavy atom. The summed E-state index contributed by atoms with van der Waals surface area (Å²) in [6.07, 6.45) is -6.49. The van der Waals surface area contributed by atoms with Crippen molar-refractivity contribution in [2.75, 3.05) is 6.61 Å². The predicted molar refractivity (Wildman–Crippen MR) is 109 cm³/mol. The summed E-state index contributed by atoms with van der Waals surface area (Å²) >= 11 is 12.1. The fourth-order valence-corrected chi connectivity index (χ4v) is 3.43. The molecule has 1 fully saturated rings. The Morgan fingerprint density at radius 2 is 1.41 bits per heavy atom. The first-order chi connectivity index (χ1) is 15.0. The van der Waals surface area contributed by atoms with Gasteiger partial charge in [0.05, 0.1) is 5.02 Å². The third-order valence-corrected chi connectivity index (χ3v) is 4.62. The second kappa shape index (κ2) is 11.3. The lowest BCUT2D eigenvalue weighted by Crippen LogP contribution is -2.63. The molecule has 0 aromatic heterocycles. The molecule has 0 spiro atoms. The van der Waals surface area contributed by atoms with E-state index in [1.165, 1.54) is 25.1 Å². The van der Waals surface area contributed by atoms with Crippen LogP contribution in [-0.2, 0) is 42.9 Å². The van der Waals surface area contributed by atoms with Crippen molar-refractivity contribution in [2.24, 2.45) is 0 Å². The van der Waals surface area contributed by atoms with E-state index in [2.05, 4.69) is 0 Å². The molecule has 2 rings (SSSR count). The molecule has 0 amide bonds. The molecule has 32 heavy (non-hydrogen) atoms. The fraction of sp³-hybridized carbons (Fsp3) is 0.500. The topological polar surface area (TPSA) is 124 Å². The molecule has 5 atom stereocenters. The zero-order chi connectivity index (χ0) is 24.0. The number of halogens is 2. The van der Waals surface area contributed by atoms with E-state index >= 15 is 0 Å². The highest BCUT2D eigenvalue weighted by Gasteiger charge is 2.53. The third kappa shape index (κ3) is 7.25. The van der Waals surface area contributed by atoms with Crippen LogP contribution in [0.4, 0.5) is 0 Å². The van der Waals surface area contributed by atoms with Crippen LogP contribution in [0.3, 0.4) is 0 Å². The SMILES string of the molecule is CC(=O)OCC1OC(Oc2ccc(Cl)cc2Cl)C(OC(C)=O)C(OC(C)=O)C1OC(C)=O. The van der Waals surface area contributed by atoms with Gasteiger partial charge in [-0.1, -0.05) is 23.2 Å². The largest absolute Gasteiger partial charge is 0.463 e. The van der Waals surface area contributed by atoms with Gasteiger partial charge in [0.2, 0.25) is 12.4 Å². The molecule has 1 heterocycles. The lowest BCUT2D eigenvalue weighted by atomic mass is 9.98. The average Bonchev–Trinajstić information content (AvgIpc) is 2.65. The van der Waals surface area contributed by atoms with Crippen LogP contribution in [0.5, 0.6) is 5.75 Å². The van der Waals surface area contributed by atoms with Gasteiger partial charge >= 0.3 is 23.9 Å². The molecule has 1 aromatic carbocycles. The molecule has 0 saturated carbocycles. The first kappa shape index (κ1) is 25.7. The van der Waals surface area contributed by atoms with E-state index in [-0.39, 0.29) is 17.4 Å².